The van der Waals surface area contributed by atoms with Crippen molar-refractivity contribution in [3.05, 3.63) is 59.8 Å². The maximum Gasteiger partial charge on any atom is 0.254 e. The number of tetrazole rings is 1. The standard InChI is InChI=1S/C17H19N5O3/c1-3-22-16(18-19-20-22)12-25-14-8-6-13(7-9-14)17(23)21(2)11-15-5-4-10-24-15/h4-10H,3,11-12H2,1-2H3. The van der Waals surface area contributed by atoms with Crippen LogP contribution in [0.5, 0.6) is 5.75 Å². The molecule has 0 aliphatic rings. The van der Waals surface area contributed by atoms with Gasteiger partial charge in [0.05, 0.1) is 12.8 Å². The van der Waals surface area contributed by atoms with Gasteiger partial charge in [0.1, 0.15) is 18.1 Å². The second kappa shape index (κ2) is 7.61. The molecule has 0 aliphatic carbocycles. The Balaban J connectivity index is 1.58. The van der Waals surface area contributed by atoms with Crippen LogP contribution in [0.2, 0.25) is 0 Å². The van der Waals surface area contributed by atoms with Crippen LogP contribution in [0.1, 0.15) is 28.9 Å². The fourth-order valence-corrected chi connectivity index (χ4v) is 2.34. The quantitative estimate of drug-likeness (QED) is 0.654. The summed E-state index contributed by atoms with van der Waals surface area (Å²) >= 11 is 0. The van der Waals surface area contributed by atoms with Gasteiger partial charge in [0.2, 0.25) is 0 Å². The van der Waals surface area contributed by atoms with Gasteiger partial charge in [0.25, 0.3) is 5.91 Å². The molecule has 8 heteroatoms. The van der Waals surface area contributed by atoms with E-state index in [0.29, 0.717) is 30.2 Å². The van der Waals surface area contributed by atoms with Crippen molar-refractivity contribution in [2.24, 2.45) is 0 Å². The Morgan fingerprint density at radius 1 is 1.28 bits per heavy atom. The average Bonchev–Trinajstić information content (AvgIpc) is 3.31. The first kappa shape index (κ1) is 16.7. The smallest absolute Gasteiger partial charge is 0.254 e. The summed E-state index contributed by atoms with van der Waals surface area (Å²) in [5, 5.41) is 11.4. The van der Waals surface area contributed by atoms with E-state index < -0.39 is 0 Å². The lowest BCUT2D eigenvalue weighted by Gasteiger charge is -2.16. The molecule has 0 spiro atoms. The Kier molecular flexibility index (Phi) is 5.08. The highest BCUT2D eigenvalue weighted by Crippen LogP contribution is 2.15. The lowest BCUT2D eigenvalue weighted by Crippen LogP contribution is -2.25. The van der Waals surface area contributed by atoms with Gasteiger partial charge >= 0.3 is 0 Å². The molecule has 0 saturated heterocycles. The summed E-state index contributed by atoms with van der Waals surface area (Å²) in [6.45, 7) is 3.33. The maximum absolute atomic E-state index is 12.4. The Hall–Kier alpha value is -3.16. The van der Waals surface area contributed by atoms with Crippen LogP contribution in [0.15, 0.2) is 47.1 Å². The molecule has 0 bridgehead atoms. The number of nitrogens with zero attached hydrogens (tertiary/aromatic N) is 5. The maximum atomic E-state index is 12.4. The van der Waals surface area contributed by atoms with Crippen LogP contribution in [0, 0.1) is 0 Å². The molecule has 0 radical (unpaired) electrons. The number of aryl methyl sites for hydroxylation is 1. The molecule has 3 rings (SSSR count). The Labute approximate surface area is 145 Å². The molecule has 0 atom stereocenters. The molecule has 2 heterocycles. The fraction of sp³-hybridized carbons (Fsp3) is 0.294. The summed E-state index contributed by atoms with van der Waals surface area (Å²) in [6, 6.07) is 10.6. The number of rotatable bonds is 7. The van der Waals surface area contributed by atoms with Gasteiger partial charge in [-0.15, -0.1) is 5.10 Å². The van der Waals surface area contributed by atoms with Crippen molar-refractivity contribution in [2.75, 3.05) is 7.05 Å². The van der Waals surface area contributed by atoms with Crippen molar-refractivity contribution in [2.45, 2.75) is 26.6 Å². The first-order valence-electron chi connectivity index (χ1n) is 7.93. The highest BCUT2D eigenvalue weighted by atomic mass is 16.5. The molecular weight excluding hydrogens is 322 g/mol. The Bertz CT molecular complexity index is 811. The third-order valence-electron chi connectivity index (χ3n) is 3.69. The zero-order chi connectivity index (χ0) is 17.6. The van der Waals surface area contributed by atoms with Crippen LogP contribution >= 0.6 is 0 Å². The van der Waals surface area contributed by atoms with E-state index in [4.69, 9.17) is 9.15 Å². The lowest BCUT2D eigenvalue weighted by atomic mass is 10.2. The number of hydrogen-bond donors (Lipinski definition) is 0. The Morgan fingerprint density at radius 3 is 2.76 bits per heavy atom. The molecule has 0 aliphatic heterocycles. The largest absolute Gasteiger partial charge is 0.486 e. The Morgan fingerprint density at radius 2 is 2.08 bits per heavy atom. The molecule has 0 saturated carbocycles. The van der Waals surface area contributed by atoms with Crippen molar-refractivity contribution >= 4 is 5.91 Å². The third-order valence-corrected chi connectivity index (χ3v) is 3.69. The molecule has 0 N–H and O–H groups in total. The topological polar surface area (TPSA) is 86.3 Å². The molecule has 25 heavy (non-hydrogen) atoms. The highest BCUT2D eigenvalue weighted by Gasteiger charge is 2.13. The number of carbonyl (C=O) groups excluding carboxylic acids is 1. The normalized spacial score (nSPS) is 10.6. The summed E-state index contributed by atoms with van der Waals surface area (Å²) in [5.74, 6) is 1.96. The summed E-state index contributed by atoms with van der Waals surface area (Å²) in [6.07, 6.45) is 1.59. The predicted molar refractivity (Wildman–Crippen MR) is 88.8 cm³/mol. The second-order valence-electron chi connectivity index (χ2n) is 5.46. The van der Waals surface area contributed by atoms with Gasteiger partial charge in [-0.05, 0) is 53.7 Å². The van der Waals surface area contributed by atoms with Crippen molar-refractivity contribution in [1.29, 1.82) is 0 Å². The molecule has 0 fully saturated rings. The highest BCUT2D eigenvalue weighted by molar-refractivity contribution is 5.94. The fourth-order valence-electron chi connectivity index (χ4n) is 2.34. The molecule has 1 aromatic carbocycles. The minimum Gasteiger partial charge on any atom is -0.486 e. The van der Waals surface area contributed by atoms with Gasteiger partial charge in [-0.1, -0.05) is 0 Å². The molecule has 3 aromatic rings. The van der Waals surface area contributed by atoms with Crippen LogP contribution in [-0.4, -0.2) is 38.1 Å². The van der Waals surface area contributed by atoms with Crippen LogP contribution in [0.4, 0.5) is 0 Å². The zero-order valence-electron chi connectivity index (χ0n) is 14.1. The summed E-state index contributed by atoms with van der Waals surface area (Å²) in [7, 11) is 1.74. The van der Waals surface area contributed by atoms with Gasteiger partial charge in [-0.3, -0.25) is 4.79 Å². The van der Waals surface area contributed by atoms with E-state index in [2.05, 4.69) is 15.5 Å². The SMILES string of the molecule is CCn1nnnc1COc1ccc(C(=O)N(C)Cc2ccco2)cc1. The predicted octanol–water partition coefficient (Wildman–Crippen LogP) is 2.14. The molecule has 130 valence electrons. The molecule has 2 aromatic heterocycles. The van der Waals surface area contributed by atoms with Crippen LogP contribution in [0.25, 0.3) is 0 Å². The van der Waals surface area contributed by atoms with Gasteiger partial charge in [0, 0.05) is 19.2 Å². The first-order chi connectivity index (χ1) is 12.2. The van der Waals surface area contributed by atoms with Crippen molar-refractivity contribution in [1.82, 2.24) is 25.1 Å². The van der Waals surface area contributed by atoms with E-state index >= 15 is 0 Å². The average molecular weight is 341 g/mol. The van der Waals surface area contributed by atoms with Crippen LogP contribution < -0.4 is 4.74 Å². The van der Waals surface area contributed by atoms with E-state index in [9.17, 15) is 4.79 Å². The van der Waals surface area contributed by atoms with Crippen LogP contribution in [-0.2, 0) is 19.7 Å². The van der Waals surface area contributed by atoms with E-state index in [1.165, 1.54) is 0 Å². The first-order valence-corrected chi connectivity index (χ1v) is 7.93. The molecule has 0 unspecified atom stereocenters. The minimum atomic E-state index is -0.0853. The second-order valence-corrected chi connectivity index (χ2v) is 5.46. The van der Waals surface area contributed by atoms with Crippen molar-refractivity contribution < 1.29 is 13.9 Å². The van der Waals surface area contributed by atoms with Gasteiger partial charge in [0.15, 0.2) is 5.82 Å². The molecular formula is C17H19N5O3. The van der Waals surface area contributed by atoms with Crippen molar-refractivity contribution in [3.63, 3.8) is 0 Å². The summed E-state index contributed by atoms with van der Waals surface area (Å²) < 4.78 is 12.6. The number of benzene rings is 1. The van der Waals surface area contributed by atoms with E-state index in [1.54, 1.807) is 53.2 Å². The van der Waals surface area contributed by atoms with E-state index in [0.717, 1.165) is 5.76 Å². The van der Waals surface area contributed by atoms with Gasteiger partial charge in [-0.25, -0.2) is 4.68 Å². The summed E-state index contributed by atoms with van der Waals surface area (Å²) in [5.41, 5.74) is 0.583. The third kappa shape index (κ3) is 4.03. The monoisotopic (exact) mass is 341 g/mol. The van der Waals surface area contributed by atoms with Gasteiger partial charge < -0.3 is 14.1 Å². The number of ether oxygens (including phenoxy) is 1. The van der Waals surface area contributed by atoms with Crippen molar-refractivity contribution in [3.8, 4) is 5.75 Å². The van der Waals surface area contributed by atoms with Gasteiger partial charge in [-0.2, -0.15) is 0 Å². The molecule has 8 nitrogen and oxygen atoms in total. The number of carbonyl (C=O) groups is 1. The molecule has 1 amide bonds. The minimum absolute atomic E-state index is 0.0853. The number of furan rings is 1. The zero-order valence-corrected chi connectivity index (χ0v) is 14.1. The lowest BCUT2D eigenvalue weighted by molar-refractivity contribution is 0.0775. The number of amides is 1. The summed E-state index contributed by atoms with van der Waals surface area (Å²) in [4.78, 5) is 14.0. The van der Waals surface area contributed by atoms with E-state index in [1.807, 2.05) is 13.0 Å². The van der Waals surface area contributed by atoms with Crippen LogP contribution in [0.3, 0.4) is 0 Å². The number of hydrogen-bond acceptors (Lipinski definition) is 6. The number of aromatic nitrogens is 4. The van der Waals surface area contributed by atoms with E-state index in [-0.39, 0.29) is 12.5 Å².